The number of halogens is 1. The molecule has 1 amide bonds. The van der Waals surface area contributed by atoms with E-state index in [1.807, 2.05) is 0 Å². The van der Waals surface area contributed by atoms with Gasteiger partial charge in [0.25, 0.3) is 0 Å². The van der Waals surface area contributed by atoms with Crippen LogP contribution in [0.25, 0.3) is 0 Å². The Morgan fingerprint density at radius 2 is 1.82 bits per heavy atom. The minimum Gasteiger partial charge on any atom is -0.353 e. The molecular weight excluding hydrogens is 351 g/mol. The van der Waals surface area contributed by atoms with Crippen LogP contribution in [0.5, 0.6) is 0 Å². The Labute approximate surface area is 167 Å². The molecule has 4 heteroatoms. The molecule has 3 nitrogen and oxygen atoms in total. The van der Waals surface area contributed by atoms with Crippen LogP contribution in [-0.2, 0) is 10.2 Å². The zero-order valence-corrected chi connectivity index (χ0v) is 16.8. The number of hydrogen-bond donors (Lipinski definition) is 2. The van der Waals surface area contributed by atoms with E-state index in [-0.39, 0.29) is 40.9 Å². The van der Waals surface area contributed by atoms with Gasteiger partial charge in [-0.25, -0.2) is 0 Å². The Morgan fingerprint density at radius 1 is 1.07 bits per heavy atom. The highest BCUT2D eigenvalue weighted by Crippen LogP contribution is 2.77. The Morgan fingerprint density at radius 3 is 2.54 bits per heavy atom. The first-order chi connectivity index (χ1) is 13.5. The average molecular weight is 385 g/mol. The van der Waals surface area contributed by atoms with Gasteiger partial charge in [0.2, 0.25) is 5.91 Å². The van der Waals surface area contributed by atoms with Crippen LogP contribution in [0.3, 0.4) is 0 Å². The summed E-state index contributed by atoms with van der Waals surface area (Å²) in [5.41, 5.74) is 6.93. The van der Waals surface area contributed by atoms with E-state index in [0.717, 1.165) is 51.4 Å². The van der Waals surface area contributed by atoms with Crippen LogP contribution >= 0.6 is 0 Å². The maximum Gasteiger partial charge on any atom is 0.227 e. The molecule has 4 atom stereocenters. The van der Waals surface area contributed by atoms with Crippen LogP contribution in [0.15, 0.2) is 30.3 Å². The highest BCUT2D eigenvalue weighted by molar-refractivity contribution is 5.86. The molecule has 2 unspecified atom stereocenters. The summed E-state index contributed by atoms with van der Waals surface area (Å²) < 4.78 is 13.7. The molecule has 28 heavy (non-hydrogen) atoms. The maximum atomic E-state index is 13.8. The summed E-state index contributed by atoms with van der Waals surface area (Å²) in [6.07, 6.45) is 9.52. The number of nitrogens with one attached hydrogen (secondary N) is 1. The van der Waals surface area contributed by atoms with Crippen LogP contribution in [0, 0.1) is 16.7 Å². The van der Waals surface area contributed by atoms with Crippen LogP contribution in [0.1, 0.15) is 69.8 Å². The van der Waals surface area contributed by atoms with Gasteiger partial charge in [-0.05, 0) is 86.5 Å². The zero-order chi connectivity index (χ0) is 19.4. The Bertz CT molecular complexity index is 746. The fourth-order valence-corrected chi connectivity index (χ4v) is 7.88. The summed E-state index contributed by atoms with van der Waals surface area (Å²) >= 11 is 0. The predicted molar refractivity (Wildman–Crippen MR) is 109 cm³/mol. The van der Waals surface area contributed by atoms with E-state index in [1.54, 1.807) is 0 Å². The summed E-state index contributed by atoms with van der Waals surface area (Å²) in [4.78, 5) is 13.8. The number of carbonyl (C=O) groups excluding carboxylic acids is 1. The van der Waals surface area contributed by atoms with E-state index >= 15 is 0 Å². The second-order valence-corrected chi connectivity index (χ2v) is 10.4. The lowest BCUT2D eigenvalue weighted by Crippen LogP contribution is -2.51. The monoisotopic (exact) mass is 384 g/mol. The molecule has 6 rings (SSSR count). The van der Waals surface area contributed by atoms with Crippen LogP contribution in [-0.4, -0.2) is 24.7 Å². The van der Waals surface area contributed by atoms with Crippen molar-refractivity contribution in [2.45, 2.75) is 81.7 Å². The molecule has 152 valence electrons. The van der Waals surface area contributed by atoms with Gasteiger partial charge in [0.15, 0.2) is 0 Å². The normalized spacial score (nSPS) is 44.0. The third-order valence-electron chi connectivity index (χ3n) is 8.83. The van der Waals surface area contributed by atoms with Crippen molar-refractivity contribution in [2.24, 2.45) is 22.5 Å². The van der Waals surface area contributed by atoms with Crippen molar-refractivity contribution in [3.05, 3.63) is 35.9 Å². The first-order valence-electron chi connectivity index (χ1n) is 11.2. The van der Waals surface area contributed by atoms with Crippen LogP contribution < -0.4 is 11.1 Å². The van der Waals surface area contributed by atoms with Crippen molar-refractivity contribution in [3.8, 4) is 0 Å². The highest BCUT2D eigenvalue weighted by atomic mass is 19.1. The SMILES string of the molecule is N[C@H]1CC[C@@H](NC(=O)C23CC4C[C@](c5ccccc5)(C2)C[C@@]3(CCF)C4)CC1. The largest absolute Gasteiger partial charge is 0.353 e. The predicted octanol–water partition coefficient (Wildman–Crippen LogP) is 4.25. The topological polar surface area (TPSA) is 55.1 Å². The minimum absolute atomic E-state index is 0.0594. The van der Waals surface area contributed by atoms with Gasteiger partial charge < -0.3 is 11.1 Å². The molecule has 0 radical (unpaired) electrons. The van der Waals surface area contributed by atoms with E-state index in [2.05, 4.69) is 35.6 Å². The molecule has 4 bridgehead atoms. The van der Waals surface area contributed by atoms with Crippen molar-refractivity contribution in [1.82, 2.24) is 5.32 Å². The number of rotatable bonds is 5. The molecule has 0 heterocycles. The molecule has 5 fully saturated rings. The number of benzene rings is 1. The molecule has 3 N–H and O–H groups in total. The van der Waals surface area contributed by atoms with Gasteiger partial charge in [-0.15, -0.1) is 0 Å². The van der Waals surface area contributed by atoms with Gasteiger partial charge >= 0.3 is 0 Å². The number of carbonyl (C=O) groups is 1. The van der Waals surface area contributed by atoms with E-state index in [4.69, 9.17) is 5.73 Å². The molecular formula is C24H33FN2O. The van der Waals surface area contributed by atoms with Crippen molar-refractivity contribution in [2.75, 3.05) is 6.67 Å². The lowest BCUT2D eigenvalue weighted by atomic mass is 9.63. The molecule has 0 saturated heterocycles. The van der Waals surface area contributed by atoms with E-state index in [9.17, 15) is 9.18 Å². The summed E-state index contributed by atoms with van der Waals surface area (Å²) in [5, 5.41) is 3.42. The number of amides is 1. The first kappa shape index (κ1) is 18.6. The van der Waals surface area contributed by atoms with E-state index in [1.165, 1.54) is 12.0 Å². The Hall–Kier alpha value is -1.42. The summed E-state index contributed by atoms with van der Waals surface area (Å²) in [6, 6.07) is 11.3. The fraction of sp³-hybridized carbons (Fsp3) is 0.708. The van der Waals surface area contributed by atoms with Crippen molar-refractivity contribution in [3.63, 3.8) is 0 Å². The maximum absolute atomic E-state index is 13.8. The van der Waals surface area contributed by atoms with Crippen LogP contribution in [0.4, 0.5) is 4.39 Å². The van der Waals surface area contributed by atoms with Crippen LogP contribution in [0.2, 0.25) is 0 Å². The molecule has 0 aliphatic heterocycles. The lowest BCUT2D eigenvalue weighted by molar-refractivity contribution is -0.137. The summed E-state index contributed by atoms with van der Waals surface area (Å²) in [7, 11) is 0. The van der Waals surface area contributed by atoms with Gasteiger partial charge in [0.1, 0.15) is 0 Å². The minimum atomic E-state index is -0.378. The molecule has 0 aromatic heterocycles. The Kier molecular flexibility index (Phi) is 4.35. The third-order valence-corrected chi connectivity index (χ3v) is 8.83. The fourth-order valence-electron chi connectivity index (χ4n) is 7.88. The molecule has 5 aliphatic carbocycles. The third kappa shape index (κ3) is 2.59. The molecule has 1 aromatic carbocycles. The first-order valence-corrected chi connectivity index (χ1v) is 11.2. The zero-order valence-electron chi connectivity index (χ0n) is 16.8. The molecule has 1 aromatic rings. The van der Waals surface area contributed by atoms with Gasteiger partial charge in [0.05, 0.1) is 12.1 Å². The van der Waals surface area contributed by atoms with Crippen molar-refractivity contribution >= 4 is 5.91 Å². The smallest absolute Gasteiger partial charge is 0.227 e. The van der Waals surface area contributed by atoms with Gasteiger partial charge in [-0.1, -0.05) is 30.3 Å². The quantitative estimate of drug-likeness (QED) is 0.797. The van der Waals surface area contributed by atoms with Gasteiger partial charge in [-0.2, -0.15) is 0 Å². The Balaban J connectivity index is 1.46. The lowest BCUT2D eigenvalue weighted by Gasteiger charge is -2.41. The summed E-state index contributed by atoms with van der Waals surface area (Å²) in [5.74, 6) is 0.779. The number of nitrogens with two attached hydrogens (primary N) is 1. The standard InChI is InChI=1S/C24H33FN2O/c25-11-10-23-13-17-12-22(15-23,18-4-2-1-3-5-18)16-24(23,14-17)21(28)27-20-8-6-19(26)7-9-20/h1-5,17,19-20H,6-16,26H2,(H,27,28)/t17?,19-,20+,22-,23-,24?/m1/s1. The van der Waals surface area contributed by atoms with Gasteiger partial charge in [-0.3, -0.25) is 9.18 Å². The van der Waals surface area contributed by atoms with E-state index < -0.39 is 0 Å². The van der Waals surface area contributed by atoms with E-state index in [0.29, 0.717) is 12.3 Å². The van der Waals surface area contributed by atoms with Crippen molar-refractivity contribution in [1.29, 1.82) is 0 Å². The van der Waals surface area contributed by atoms with Crippen molar-refractivity contribution < 1.29 is 9.18 Å². The van der Waals surface area contributed by atoms with Gasteiger partial charge in [0, 0.05) is 12.1 Å². The molecule has 5 saturated carbocycles. The second kappa shape index (κ2) is 6.55. The highest BCUT2D eigenvalue weighted by Gasteiger charge is 2.74. The second-order valence-electron chi connectivity index (χ2n) is 10.4. The number of hydrogen-bond acceptors (Lipinski definition) is 2. The molecule has 0 spiro atoms. The average Bonchev–Trinajstić information content (AvgIpc) is 3.03. The molecule has 5 aliphatic rings. The number of alkyl halides is 1. The summed E-state index contributed by atoms with van der Waals surface area (Å²) in [6.45, 7) is -0.315.